The first kappa shape index (κ1) is 31.5. The molecule has 2 N–H and O–H groups in total. The van der Waals surface area contributed by atoms with E-state index in [1.807, 2.05) is 19.1 Å². The van der Waals surface area contributed by atoms with Crippen molar-refractivity contribution in [3.63, 3.8) is 0 Å². The van der Waals surface area contributed by atoms with Crippen molar-refractivity contribution in [3.05, 3.63) is 76.9 Å². The maximum atomic E-state index is 14.5. The van der Waals surface area contributed by atoms with E-state index in [1.165, 1.54) is 17.0 Å². The van der Waals surface area contributed by atoms with Crippen LogP contribution in [0.3, 0.4) is 0 Å². The molecule has 3 aliphatic heterocycles. The molecule has 0 unspecified atom stereocenters. The number of hydrogen-bond acceptors (Lipinski definition) is 6. The Morgan fingerprint density at radius 3 is 2.56 bits per heavy atom. The summed E-state index contributed by atoms with van der Waals surface area (Å²) < 4.78 is 43.6. The van der Waals surface area contributed by atoms with Gasteiger partial charge >= 0.3 is 6.18 Å². The predicted molar refractivity (Wildman–Crippen MR) is 171 cm³/mol. The summed E-state index contributed by atoms with van der Waals surface area (Å²) in [7, 11) is 0. The van der Waals surface area contributed by atoms with Crippen LogP contribution in [0, 0.1) is 22.2 Å². The summed E-state index contributed by atoms with van der Waals surface area (Å²) in [5.74, 6) is -0.498. The maximum Gasteiger partial charge on any atom is 0.416 e. The number of hydrogen-bond donors (Lipinski definition) is 2. The number of nitrogens with zero attached hydrogens (tertiary/aromatic N) is 3. The van der Waals surface area contributed by atoms with Gasteiger partial charge in [0.2, 0.25) is 5.91 Å². The van der Waals surface area contributed by atoms with Crippen LogP contribution in [-0.2, 0) is 17.5 Å². The molecule has 3 atom stereocenters. The number of anilines is 1. The fourth-order valence-corrected chi connectivity index (χ4v) is 8.27. The van der Waals surface area contributed by atoms with Gasteiger partial charge in [0.05, 0.1) is 22.7 Å². The number of likely N-dealkylation sites (tertiary alicyclic amines) is 2. The zero-order valence-electron chi connectivity index (χ0n) is 25.3. The molecule has 2 saturated heterocycles. The van der Waals surface area contributed by atoms with Crippen LogP contribution in [0.5, 0.6) is 0 Å². The number of benzene rings is 2. The maximum absolute atomic E-state index is 14.5. The van der Waals surface area contributed by atoms with Gasteiger partial charge in [-0.1, -0.05) is 36.9 Å². The first-order valence-electron chi connectivity index (χ1n) is 15.5. The van der Waals surface area contributed by atoms with E-state index in [0.717, 1.165) is 55.0 Å². The Kier molecular flexibility index (Phi) is 8.45. The highest BCUT2D eigenvalue weighted by Crippen LogP contribution is 2.46. The summed E-state index contributed by atoms with van der Waals surface area (Å²) in [6, 6.07) is 9.78. The van der Waals surface area contributed by atoms with E-state index >= 15 is 0 Å². The predicted octanol–water partition coefficient (Wildman–Crippen LogP) is 7.24. The van der Waals surface area contributed by atoms with Crippen molar-refractivity contribution >= 4 is 39.9 Å². The minimum absolute atomic E-state index is 0.0104. The molecule has 45 heavy (non-hydrogen) atoms. The average molecular weight is 638 g/mol. The van der Waals surface area contributed by atoms with Gasteiger partial charge in [0.25, 0.3) is 5.91 Å². The normalized spacial score (nSPS) is 23.2. The van der Waals surface area contributed by atoms with E-state index in [-0.39, 0.29) is 46.9 Å². The third-order valence-corrected chi connectivity index (χ3v) is 11.0. The number of amides is 2. The fraction of sp³-hybridized carbons (Fsp3) is 0.471. The van der Waals surface area contributed by atoms with E-state index in [0.29, 0.717) is 42.5 Å². The Morgan fingerprint density at radius 1 is 1.13 bits per heavy atom. The number of nitrogens with one attached hydrogen (secondary N) is 2. The van der Waals surface area contributed by atoms with Gasteiger partial charge in [-0.25, -0.2) is 0 Å². The number of carbonyl (C=O) groups is 2. The van der Waals surface area contributed by atoms with Crippen molar-refractivity contribution in [1.82, 2.24) is 9.80 Å². The van der Waals surface area contributed by atoms with Crippen LogP contribution in [0.1, 0.15) is 83.6 Å². The molecule has 1 saturated carbocycles. The van der Waals surface area contributed by atoms with Crippen molar-refractivity contribution in [2.75, 3.05) is 31.1 Å². The number of carbonyl (C=O) groups excluding carboxylic acids is 2. The highest BCUT2D eigenvalue weighted by atomic mass is 32.2. The Morgan fingerprint density at radius 2 is 1.89 bits per heavy atom. The van der Waals surface area contributed by atoms with E-state index in [9.17, 15) is 22.8 Å². The van der Waals surface area contributed by atoms with Gasteiger partial charge in [0, 0.05) is 48.3 Å². The SMILES string of the molecule is C=CC(=O)N1CC[C@]2(CCN([C@@H](C)c3cc4c(c(C(F)(F)F)c3)CN(c3cccc([C@H](C(=N)SC=N)C5CCC5)c3)C4=O)C2)C1. The molecule has 7 nitrogen and oxygen atoms in total. The van der Waals surface area contributed by atoms with Crippen molar-refractivity contribution in [2.24, 2.45) is 11.3 Å². The van der Waals surface area contributed by atoms with Crippen LogP contribution < -0.4 is 4.90 Å². The fourth-order valence-electron chi connectivity index (χ4n) is 7.66. The Hall–Kier alpha value is -3.44. The van der Waals surface area contributed by atoms with Gasteiger partial charge in [-0.2, -0.15) is 13.2 Å². The third-order valence-electron chi connectivity index (χ3n) is 10.4. The van der Waals surface area contributed by atoms with Gasteiger partial charge in [-0.3, -0.25) is 19.9 Å². The molecule has 238 valence electrons. The molecule has 2 aromatic rings. The van der Waals surface area contributed by atoms with Crippen LogP contribution in [-0.4, -0.2) is 58.4 Å². The van der Waals surface area contributed by atoms with Gasteiger partial charge in [-0.05, 0) is 92.1 Å². The van der Waals surface area contributed by atoms with Crippen LogP contribution >= 0.6 is 11.8 Å². The molecule has 2 aromatic carbocycles. The molecule has 3 heterocycles. The molecule has 6 rings (SSSR count). The van der Waals surface area contributed by atoms with Crippen molar-refractivity contribution < 1.29 is 22.8 Å². The van der Waals surface area contributed by atoms with Gasteiger partial charge in [0.1, 0.15) is 0 Å². The summed E-state index contributed by atoms with van der Waals surface area (Å²) in [6.45, 7) is 7.95. The lowest BCUT2D eigenvalue weighted by Crippen LogP contribution is -2.34. The minimum Gasteiger partial charge on any atom is -0.339 e. The number of halogens is 3. The van der Waals surface area contributed by atoms with E-state index < -0.39 is 17.6 Å². The van der Waals surface area contributed by atoms with Crippen molar-refractivity contribution in [2.45, 2.75) is 63.7 Å². The number of alkyl halides is 3. The number of fused-ring (bicyclic) bond motifs is 1. The standard InChI is InChI=1S/C34H38F3N5O2S/c1-3-29(43)41-13-11-33(19-41)10-12-40(18-33)21(2)24-15-26-27(28(16-24)34(35,36)37)17-42(32(26)44)25-9-5-8-23(14-25)30(22-6-4-7-22)31(39)45-20-38/h3,5,8-9,14-16,20-22,30,38-39H,1,4,6-7,10-13,17-19H2,2H3/t21-,30+,33-/m0/s1. The van der Waals surface area contributed by atoms with Crippen molar-refractivity contribution in [3.8, 4) is 0 Å². The molecule has 4 aliphatic rings. The second-order valence-corrected chi connectivity index (χ2v) is 13.9. The molecule has 0 radical (unpaired) electrons. The van der Waals surface area contributed by atoms with Crippen LogP contribution in [0.2, 0.25) is 0 Å². The summed E-state index contributed by atoms with van der Waals surface area (Å²) in [4.78, 5) is 31.4. The van der Waals surface area contributed by atoms with Crippen LogP contribution in [0.15, 0.2) is 49.1 Å². The molecular weight excluding hydrogens is 599 g/mol. The first-order chi connectivity index (χ1) is 21.4. The molecule has 3 fully saturated rings. The quantitative estimate of drug-likeness (QED) is 0.181. The third kappa shape index (κ3) is 5.85. The molecule has 2 amide bonds. The average Bonchev–Trinajstić information content (AvgIpc) is 3.70. The smallest absolute Gasteiger partial charge is 0.339 e. The highest BCUT2D eigenvalue weighted by Gasteiger charge is 2.46. The molecule has 1 spiro atoms. The molecule has 11 heteroatoms. The minimum atomic E-state index is -4.63. The summed E-state index contributed by atoms with van der Waals surface area (Å²) in [5, 5.41) is 16.4. The second kappa shape index (κ2) is 12.1. The molecular formula is C34H38F3N5O2S. The monoisotopic (exact) mass is 637 g/mol. The van der Waals surface area contributed by atoms with Gasteiger partial charge in [0.15, 0.2) is 0 Å². The lowest BCUT2D eigenvalue weighted by atomic mass is 9.73. The zero-order valence-corrected chi connectivity index (χ0v) is 26.1. The Labute approximate surface area is 265 Å². The molecule has 1 aliphatic carbocycles. The van der Waals surface area contributed by atoms with Gasteiger partial charge in [-0.15, -0.1) is 0 Å². The van der Waals surface area contributed by atoms with Crippen LogP contribution in [0.25, 0.3) is 0 Å². The van der Waals surface area contributed by atoms with E-state index in [1.54, 1.807) is 23.1 Å². The first-order valence-corrected chi connectivity index (χ1v) is 16.4. The number of thioether (sulfide) groups is 1. The van der Waals surface area contributed by atoms with Gasteiger partial charge < -0.3 is 15.2 Å². The lowest BCUT2D eigenvalue weighted by molar-refractivity contribution is -0.138. The molecule has 0 bridgehead atoms. The lowest BCUT2D eigenvalue weighted by Gasteiger charge is -2.34. The molecule has 0 aromatic heterocycles. The second-order valence-electron chi connectivity index (χ2n) is 13.0. The van der Waals surface area contributed by atoms with Crippen molar-refractivity contribution in [1.29, 1.82) is 10.8 Å². The highest BCUT2D eigenvalue weighted by molar-refractivity contribution is 8.24. The van der Waals surface area contributed by atoms with E-state index in [4.69, 9.17) is 10.8 Å². The number of rotatable bonds is 8. The van der Waals surface area contributed by atoms with Crippen LogP contribution in [0.4, 0.5) is 18.9 Å². The zero-order chi connectivity index (χ0) is 32.1. The van der Waals surface area contributed by atoms with E-state index in [2.05, 4.69) is 11.5 Å². The largest absolute Gasteiger partial charge is 0.416 e. The Balaban J connectivity index is 1.27. The summed E-state index contributed by atoms with van der Waals surface area (Å²) in [5.41, 5.74) is 2.16. The topological polar surface area (TPSA) is 91.6 Å². The summed E-state index contributed by atoms with van der Waals surface area (Å²) >= 11 is 1.06. The Bertz CT molecular complexity index is 1560. The summed E-state index contributed by atoms with van der Waals surface area (Å²) in [6.07, 6.45) is 1.43.